The summed E-state index contributed by atoms with van der Waals surface area (Å²) in [5, 5.41) is -0.312. The fourth-order valence-electron chi connectivity index (χ4n) is 2.31. The molecule has 0 atom stereocenters. The van der Waals surface area contributed by atoms with Crippen LogP contribution >= 0.6 is 11.6 Å². The quantitative estimate of drug-likeness (QED) is 0.769. The number of benzene rings is 1. The SMILES string of the molecule is FC(F)(F)c1nc(Cl)cc(Oc2ccc3c(c2)CCC3)n1. The van der Waals surface area contributed by atoms with Crippen LogP contribution in [0.5, 0.6) is 11.6 Å². The van der Waals surface area contributed by atoms with Crippen LogP contribution in [0.1, 0.15) is 23.4 Å². The van der Waals surface area contributed by atoms with Crippen molar-refractivity contribution in [3.8, 4) is 11.6 Å². The molecule has 1 aliphatic carbocycles. The van der Waals surface area contributed by atoms with E-state index in [2.05, 4.69) is 9.97 Å². The van der Waals surface area contributed by atoms with Gasteiger partial charge < -0.3 is 4.74 Å². The van der Waals surface area contributed by atoms with Gasteiger partial charge in [-0.05, 0) is 42.5 Å². The predicted molar refractivity (Wildman–Crippen MR) is 70.6 cm³/mol. The summed E-state index contributed by atoms with van der Waals surface area (Å²) in [6, 6.07) is 6.62. The maximum atomic E-state index is 12.6. The van der Waals surface area contributed by atoms with E-state index in [4.69, 9.17) is 16.3 Å². The molecule has 1 heterocycles. The maximum absolute atomic E-state index is 12.6. The Bertz CT molecular complexity index is 688. The molecular weight excluding hydrogens is 305 g/mol. The normalized spacial score (nSPS) is 14.1. The van der Waals surface area contributed by atoms with Crippen molar-refractivity contribution in [2.75, 3.05) is 0 Å². The zero-order valence-electron chi connectivity index (χ0n) is 10.7. The van der Waals surface area contributed by atoms with E-state index in [1.807, 2.05) is 12.1 Å². The number of aryl methyl sites for hydroxylation is 2. The molecule has 2 aromatic rings. The lowest BCUT2D eigenvalue weighted by Crippen LogP contribution is -2.11. The van der Waals surface area contributed by atoms with Gasteiger partial charge in [0.15, 0.2) is 0 Å². The standard InChI is InChI=1S/C14H10ClF3N2O/c15-11-7-12(20-13(19-11)14(16,17)18)21-10-5-4-8-2-1-3-9(8)6-10/h4-7H,1-3H2. The number of hydrogen-bond acceptors (Lipinski definition) is 3. The number of aromatic nitrogens is 2. The fourth-order valence-corrected chi connectivity index (χ4v) is 2.48. The number of halogens is 4. The summed E-state index contributed by atoms with van der Waals surface area (Å²) in [5.74, 6) is -1.09. The second-order valence-electron chi connectivity index (χ2n) is 4.74. The Morgan fingerprint density at radius 2 is 1.81 bits per heavy atom. The molecule has 0 unspecified atom stereocenters. The minimum atomic E-state index is -4.67. The Balaban J connectivity index is 1.89. The topological polar surface area (TPSA) is 35.0 Å². The van der Waals surface area contributed by atoms with E-state index in [0.717, 1.165) is 30.9 Å². The average molecular weight is 315 g/mol. The van der Waals surface area contributed by atoms with Crippen LogP contribution < -0.4 is 4.74 Å². The van der Waals surface area contributed by atoms with Crippen LogP contribution in [-0.4, -0.2) is 9.97 Å². The lowest BCUT2D eigenvalue weighted by Gasteiger charge is -2.10. The molecular formula is C14H10ClF3N2O. The van der Waals surface area contributed by atoms with E-state index in [-0.39, 0.29) is 11.0 Å². The summed E-state index contributed by atoms with van der Waals surface area (Å²) in [4.78, 5) is 6.50. The van der Waals surface area contributed by atoms with Gasteiger partial charge in [0.1, 0.15) is 10.9 Å². The molecule has 0 fully saturated rings. The third-order valence-electron chi connectivity index (χ3n) is 3.22. The average Bonchev–Trinajstić information content (AvgIpc) is 2.84. The van der Waals surface area contributed by atoms with Gasteiger partial charge in [-0.15, -0.1) is 0 Å². The highest BCUT2D eigenvalue weighted by Gasteiger charge is 2.35. The number of alkyl halides is 3. The third-order valence-corrected chi connectivity index (χ3v) is 3.41. The molecule has 0 radical (unpaired) electrons. The summed E-state index contributed by atoms with van der Waals surface area (Å²) >= 11 is 5.58. The molecule has 0 amide bonds. The first-order valence-electron chi connectivity index (χ1n) is 6.33. The van der Waals surface area contributed by atoms with Gasteiger partial charge in [0, 0.05) is 6.07 Å². The van der Waals surface area contributed by atoms with Gasteiger partial charge in [-0.2, -0.15) is 18.2 Å². The second-order valence-corrected chi connectivity index (χ2v) is 5.12. The zero-order chi connectivity index (χ0) is 15.0. The number of rotatable bonds is 2. The van der Waals surface area contributed by atoms with Crippen molar-refractivity contribution >= 4 is 11.6 Å². The summed E-state index contributed by atoms with van der Waals surface area (Å²) in [6.07, 6.45) is -1.62. The highest BCUT2D eigenvalue weighted by molar-refractivity contribution is 6.29. The fraction of sp³-hybridized carbons (Fsp3) is 0.286. The van der Waals surface area contributed by atoms with Gasteiger partial charge in [-0.3, -0.25) is 0 Å². The van der Waals surface area contributed by atoms with Gasteiger partial charge in [0.05, 0.1) is 0 Å². The molecule has 0 spiro atoms. The van der Waals surface area contributed by atoms with Gasteiger partial charge in [0.2, 0.25) is 11.7 Å². The van der Waals surface area contributed by atoms with Gasteiger partial charge in [-0.1, -0.05) is 17.7 Å². The predicted octanol–water partition coefficient (Wildman–Crippen LogP) is 4.43. The zero-order valence-corrected chi connectivity index (χ0v) is 11.5. The van der Waals surface area contributed by atoms with Gasteiger partial charge >= 0.3 is 6.18 Å². The van der Waals surface area contributed by atoms with Crippen molar-refractivity contribution in [2.24, 2.45) is 0 Å². The lowest BCUT2D eigenvalue weighted by molar-refractivity contribution is -0.145. The highest BCUT2D eigenvalue weighted by atomic mass is 35.5. The van der Waals surface area contributed by atoms with Crippen LogP contribution in [0, 0.1) is 0 Å². The number of nitrogens with zero attached hydrogens (tertiary/aromatic N) is 2. The molecule has 0 saturated heterocycles. The summed E-state index contributed by atoms with van der Waals surface area (Å²) in [6.45, 7) is 0. The van der Waals surface area contributed by atoms with Crippen LogP contribution in [0.2, 0.25) is 5.15 Å². The van der Waals surface area contributed by atoms with Crippen LogP contribution in [0.4, 0.5) is 13.2 Å². The summed E-state index contributed by atoms with van der Waals surface area (Å²) in [7, 11) is 0. The lowest BCUT2D eigenvalue weighted by atomic mass is 10.1. The Morgan fingerprint density at radius 1 is 1.05 bits per heavy atom. The molecule has 3 nitrogen and oxygen atoms in total. The second kappa shape index (κ2) is 5.18. The number of ether oxygens (including phenoxy) is 1. The number of fused-ring (bicyclic) bond motifs is 1. The first-order chi connectivity index (χ1) is 9.91. The van der Waals surface area contributed by atoms with Gasteiger partial charge in [-0.25, -0.2) is 4.98 Å². The van der Waals surface area contributed by atoms with Crippen LogP contribution in [0.25, 0.3) is 0 Å². The van der Waals surface area contributed by atoms with E-state index >= 15 is 0 Å². The largest absolute Gasteiger partial charge is 0.451 e. The molecule has 1 aromatic carbocycles. The molecule has 1 aromatic heterocycles. The molecule has 0 N–H and O–H groups in total. The smallest absolute Gasteiger partial charge is 0.439 e. The van der Waals surface area contributed by atoms with E-state index in [1.165, 1.54) is 5.56 Å². The molecule has 110 valence electrons. The van der Waals surface area contributed by atoms with Crippen LogP contribution in [0.15, 0.2) is 24.3 Å². The van der Waals surface area contributed by atoms with Crippen LogP contribution in [0.3, 0.4) is 0 Å². The molecule has 1 aliphatic rings. The van der Waals surface area contributed by atoms with E-state index < -0.39 is 12.0 Å². The Morgan fingerprint density at radius 3 is 2.57 bits per heavy atom. The van der Waals surface area contributed by atoms with Crippen molar-refractivity contribution < 1.29 is 17.9 Å². The Hall–Kier alpha value is -1.82. The monoisotopic (exact) mass is 314 g/mol. The minimum absolute atomic E-state index is 0.222. The number of hydrogen-bond donors (Lipinski definition) is 0. The molecule has 3 rings (SSSR count). The molecule has 7 heteroatoms. The van der Waals surface area contributed by atoms with Crippen LogP contribution in [-0.2, 0) is 19.0 Å². The van der Waals surface area contributed by atoms with E-state index in [1.54, 1.807) is 6.07 Å². The Kier molecular flexibility index (Phi) is 3.49. The summed E-state index contributed by atoms with van der Waals surface area (Å²) in [5.41, 5.74) is 2.41. The first kappa shape index (κ1) is 14.1. The summed E-state index contributed by atoms with van der Waals surface area (Å²) < 4.78 is 43.3. The third kappa shape index (κ3) is 3.10. The van der Waals surface area contributed by atoms with Crippen molar-refractivity contribution in [3.05, 3.63) is 46.4 Å². The van der Waals surface area contributed by atoms with Gasteiger partial charge in [0.25, 0.3) is 0 Å². The molecule has 0 saturated carbocycles. The van der Waals surface area contributed by atoms with Crippen molar-refractivity contribution in [1.82, 2.24) is 9.97 Å². The maximum Gasteiger partial charge on any atom is 0.451 e. The minimum Gasteiger partial charge on any atom is -0.439 e. The highest BCUT2D eigenvalue weighted by Crippen LogP contribution is 2.32. The molecule has 0 bridgehead atoms. The van der Waals surface area contributed by atoms with E-state index in [9.17, 15) is 13.2 Å². The molecule has 21 heavy (non-hydrogen) atoms. The van der Waals surface area contributed by atoms with Crippen molar-refractivity contribution in [3.63, 3.8) is 0 Å². The van der Waals surface area contributed by atoms with E-state index in [0.29, 0.717) is 5.75 Å². The molecule has 0 aliphatic heterocycles. The Labute approximate surface area is 123 Å². The first-order valence-corrected chi connectivity index (χ1v) is 6.71. The van der Waals surface area contributed by atoms with Crippen molar-refractivity contribution in [2.45, 2.75) is 25.4 Å². The van der Waals surface area contributed by atoms with Crippen molar-refractivity contribution in [1.29, 1.82) is 0 Å².